The lowest BCUT2D eigenvalue weighted by atomic mass is 10.0. The third-order valence-corrected chi connectivity index (χ3v) is 1.98. The summed E-state index contributed by atoms with van der Waals surface area (Å²) >= 11 is 0. The predicted molar refractivity (Wildman–Crippen MR) is 52.5 cm³/mol. The van der Waals surface area contributed by atoms with E-state index in [2.05, 4.69) is 19.9 Å². The van der Waals surface area contributed by atoms with Crippen molar-refractivity contribution in [3.8, 4) is 11.5 Å². The highest BCUT2D eigenvalue weighted by Gasteiger charge is 2.07. The Morgan fingerprint density at radius 3 is 2.38 bits per heavy atom. The minimum absolute atomic E-state index is 0.442. The fourth-order valence-electron chi connectivity index (χ4n) is 1.21. The zero-order valence-corrected chi connectivity index (χ0v) is 8.55. The molecule has 2 nitrogen and oxygen atoms in total. The third kappa shape index (κ3) is 2.14. The van der Waals surface area contributed by atoms with Crippen LogP contribution in [0.15, 0.2) is 12.1 Å². The Morgan fingerprint density at radius 2 is 1.92 bits per heavy atom. The van der Waals surface area contributed by atoms with Gasteiger partial charge in [-0.3, -0.25) is 0 Å². The van der Waals surface area contributed by atoms with Gasteiger partial charge in [0, 0.05) is 12.1 Å². The van der Waals surface area contributed by atoms with Gasteiger partial charge in [-0.1, -0.05) is 13.8 Å². The molecule has 0 aromatic heterocycles. The van der Waals surface area contributed by atoms with E-state index in [9.17, 15) is 0 Å². The lowest BCUT2D eigenvalue weighted by Crippen LogP contribution is -1.95. The van der Waals surface area contributed by atoms with E-state index < -0.39 is 0 Å². The average Bonchev–Trinajstić information content (AvgIpc) is 2.16. The minimum atomic E-state index is 0.442. The first-order chi connectivity index (χ1) is 6.19. The number of methoxy groups -OCH3 is 2. The molecule has 0 saturated heterocycles. The van der Waals surface area contributed by atoms with E-state index in [1.807, 2.05) is 12.1 Å². The van der Waals surface area contributed by atoms with Crippen molar-refractivity contribution in [2.24, 2.45) is 0 Å². The molecule has 1 aromatic carbocycles. The predicted octanol–water partition coefficient (Wildman–Crippen LogP) is 2.63. The van der Waals surface area contributed by atoms with E-state index in [1.165, 1.54) is 0 Å². The van der Waals surface area contributed by atoms with Crippen molar-refractivity contribution in [3.63, 3.8) is 0 Å². The number of rotatable bonds is 3. The van der Waals surface area contributed by atoms with Gasteiger partial charge in [0.25, 0.3) is 0 Å². The highest BCUT2D eigenvalue weighted by molar-refractivity contribution is 5.41. The first-order valence-electron chi connectivity index (χ1n) is 4.32. The normalized spacial score (nSPS) is 10.2. The lowest BCUT2D eigenvalue weighted by Gasteiger charge is -2.12. The summed E-state index contributed by atoms with van der Waals surface area (Å²) in [5.41, 5.74) is 1.16. The van der Waals surface area contributed by atoms with Gasteiger partial charge in [0.1, 0.15) is 11.5 Å². The van der Waals surface area contributed by atoms with Crippen LogP contribution in [0, 0.1) is 6.07 Å². The molecule has 0 unspecified atom stereocenters. The van der Waals surface area contributed by atoms with Crippen molar-refractivity contribution in [1.82, 2.24) is 0 Å². The Balaban J connectivity index is 3.08. The second-order valence-electron chi connectivity index (χ2n) is 3.18. The largest absolute Gasteiger partial charge is 0.496 e. The maximum atomic E-state index is 5.25. The maximum Gasteiger partial charge on any atom is 0.130 e. The molecule has 0 aliphatic carbocycles. The Bertz CT molecular complexity index is 279. The van der Waals surface area contributed by atoms with Gasteiger partial charge in [0.2, 0.25) is 0 Å². The molecule has 13 heavy (non-hydrogen) atoms. The highest BCUT2D eigenvalue weighted by Crippen LogP contribution is 2.29. The summed E-state index contributed by atoms with van der Waals surface area (Å²) in [5.74, 6) is 2.02. The van der Waals surface area contributed by atoms with Gasteiger partial charge in [-0.2, -0.15) is 0 Å². The van der Waals surface area contributed by atoms with Crippen molar-refractivity contribution in [2.45, 2.75) is 19.8 Å². The van der Waals surface area contributed by atoms with Crippen LogP contribution in [0.3, 0.4) is 0 Å². The molecule has 1 rings (SSSR count). The number of hydrogen-bond acceptors (Lipinski definition) is 2. The Hall–Kier alpha value is -1.18. The van der Waals surface area contributed by atoms with Crippen LogP contribution >= 0.6 is 0 Å². The molecule has 0 aliphatic heterocycles. The Morgan fingerprint density at radius 1 is 1.23 bits per heavy atom. The minimum Gasteiger partial charge on any atom is -0.496 e. The first kappa shape index (κ1) is 9.90. The van der Waals surface area contributed by atoms with Gasteiger partial charge >= 0.3 is 0 Å². The SMILES string of the molecule is COc1[c]cc(C(C)C)c(OC)c1. The van der Waals surface area contributed by atoms with Gasteiger partial charge in [-0.15, -0.1) is 0 Å². The van der Waals surface area contributed by atoms with E-state index in [0.29, 0.717) is 11.7 Å². The summed E-state index contributed by atoms with van der Waals surface area (Å²) in [5, 5.41) is 0. The second kappa shape index (κ2) is 4.17. The lowest BCUT2D eigenvalue weighted by molar-refractivity contribution is 0.389. The topological polar surface area (TPSA) is 18.5 Å². The molecule has 2 heteroatoms. The monoisotopic (exact) mass is 179 g/mol. The van der Waals surface area contributed by atoms with Crippen molar-refractivity contribution >= 4 is 0 Å². The summed E-state index contributed by atoms with van der Waals surface area (Å²) in [7, 11) is 3.29. The Labute approximate surface area is 79.5 Å². The van der Waals surface area contributed by atoms with E-state index >= 15 is 0 Å². The van der Waals surface area contributed by atoms with Crippen molar-refractivity contribution < 1.29 is 9.47 Å². The zero-order chi connectivity index (χ0) is 9.84. The van der Waals surface area contributed by atoms with Crippen LogP contribution in [0.25, 0.3) is 0 Å². The van der Waals surface area contributed by atoms with Crippen LogP contribution in [-0.4, -0.2) is 14.2 Å². The van der Waals surface area contributed by atoms with Gasteiger partial charge < -0.3 is 9.47 Å². The number of ether oxygens (including phenoxy) is 2. The molecular formula is C11H15O2. The fourth-order valence-corrected chi connectivity index (χ4v) is 1.21. The summed E-state index contributed by atoms with van der Waals surface area (Å²) < 4.78 is 10.3. The van der Waals surface area contributed by atoms with Crippen molar-refractivity contribution in [1.29, 1.82) is 0 Å². The van der Waals surface area contributed by atoms with Crippen LogP contribution in [0.2, 0.25) is 0 Å². The van der Waals surface area contributed by atoms with Crippen LogP contribution in [0.4, 0.5) is 0 Å². The third-order valence-electron chi connectivity index (χ3n) is 1.98. The quantitative estimate of drug-likeness (QED) is 0.710. The fraction of sp³-hybridized carbons (Fsp3) is 0.455. The summed E-state index contributed by atoms with van der Waals surface area (Å²) in [4.78, 5) is 0. The van der Waals surface area contributed by atoms with E-state index in [-0.39, 0.29) is 0 Å². The molecule has 0 N–H and O–H groups in total. The molecule has 71 valence electrons. The Kier molecular flexibility index (Phi) is 3.18. The number of benzene rings is 1. The first-order valence-corrected chi connectivity index (χ1v) is 4.32. The molecule has 0 saturated carbocycles. The van der Waals surface area contributed by atoms with Crippen LogP contribution < -0.4 is 9.47 Å². The smallest absolute Gasteiger partial charge is 0.130 e. The average molecular weight is 179 g/mol. The van der Waals surface area contributed by atoms with E-state index in [1.54, 1.807) is 14.2 Å². The zero-order valence-electron chi connectivity index (χ0n) is 8.55. The van der Waals surface area contributed by atoms with Crippen LogP contribution in [-0.2, 0) is 0 Å². The second-order valence-corrected chi connectivity index (χ2v) is 3.18. The standard InChI is InChI=1S/C11H15O2/c1-8(2)10-6-5-9(12-3)7-11(10)13-4/h6-8H,1-4H3. The molecule has 1 aromatic rings. The van der Waals surface area contributed by atoms with Gasteiger partial charge in [0.05, 0.1) is 14.2 Å². The van der Waals surface area contributed by atoms with Gasteiger partial charge in [-0.05, 0) is 17.5 Å². The molecule has 0 spiro atoms. The molecule has 0 heterocycles. The molecule has 0 amide bonds. The summed E-state index contributed by atoms with van der Waals surface area (Å²) in [6.07, 6.45) is 0. The summed E-state index contributed by atoms with van der Waals surface area (Å²) in [6.45, 7) is 4.25. The molecule has 0 bridgehead atoms. The van der Waals surface area contributed by atoms with Crippen LogP contribution in [0.1, 0.15) is 25.3 Å². The van der Waals surface area contributed by atoms with Crippen LogP contribution in [0.5, 0.6) is 11.5 Å². The molecule has 0 atom stereocenters. The molecule has 0 aliphatic rings. The van der Waals surface area contributed by atoms with Crippen molar-refractivity contribution in [3.05, 3.63) is 23.8 Å². The van der Waals surface area contributed by atoms with Crippen molar-refractivity contribution in [2.75, 3.05) is 14.2 Å². The summed E-state index contributed by atoms with van der Waals surface area (Å²) in [6, 6.07) is 6.82. The van der Waals surface area contributed by atoms with E-state index in [4.69, 9.17) is 9.47 Å². The highest BCUT2D eigenvalue weighted by atomic mass is 16.5. The molecule has 0 fully saturated rings. The van der Waals surface area contributed by atoms with Gasteiger partial charge in [0.15, 0.2) is 0 Å². The molecule has 1 radical (unpaired) electrons. The maximum absolute atomic E-state index is 5.25. The molecular weight excluding hydrogens is 164 g/mol. The number of hydrogen-bond donors (Lipinski definition) is 0. The van der Waals surface area contributed by atoms with E-state index in [0.717, 1.165) is 11.3 Å². The van der Waals surface area contributed by atoms with Gasteiger partial charge in [-0.25, -0.2) is 0 Å².